The van der Waals surface area contributed by atoms with Crippen molar-refractivity contribution >= 4 is 18.8 Å². The summed E-state index contributed by atoms with van der Waals surface area (Å²) in [7, 11) is -4.21. The average Bonchev–Trinajstić information content (AvgIpc) is 2.77. The molecule has 0 heterocycles. The highest BCUT2D eigenvalue weighted by Crippen LogP contribution is 2.52. The monoisotopic (exact) mass is 411 g/mol. The number of nitro groups is 1. The van der Waals surface area contributed by atoms with Crippen molar-refractivity contribution in [3.63, 3.8) is 0 Å². The molecule has 0 bridgehead atoms. The van der Waals surface area contributed by atoms with E-state index in [0.717, 1.165) is 11.1 Å². The van der Waals surface area contributed by atoms with Gasteiger partial charge in [0.25, 0.3) is 11.2 Å². The van der Waals surface area contributed by atoms with E-state index in [-0.39, 0.29) is 24.5 Å². The Labute approximate surface area is 167 Å². The third-order valence-electron chi connectivity index (χ3n) is 4.06. The number of nitrogens with zero attached hydrogens (tertiary/aromatic N) is 1. The zero-order valence-electron chi connectivity index (χ0n) is 15.3. The molecule has 3 aromatic carbocycles. The van der Waals surface area contributed by atoms with Crippen molar-refractivity contribution in [2.75, 3.05) is 0 Å². The van der Waals surface area contributed by atoms with Gasteiger partial charge in [0.15, 0.2) is 0 Å². The second kappa shape index (κ2) is 9.39. The van der Waals surface area contributed by atoms with E-state index in [0.29, 0.717) is 0 Å². The van der Waals surface area contributed by atoms with Crippen LogP contribution in [-0.4, -0.2) is 10.4 Å². The first-order chi connectivity index (χ1) is 14.0. The Morgan fingerprint density at radius 3 is 1.66 bits per heavy atom. The first-order valence-corrected chi connectivity index (χ1v) is 10.3. The molecular formula is C21H18NO6P. The van der Waals surface area contributed by atoms with Crippen LogP contribution in [0.25, 0.3) is 0 Å². The molecule has 0 saturated heterocycles. The third-order valence-corrected chi connectivity index (χ3v) is 5.76. The molecule has 0 aliphatic carbocycles. The summed E-state index contributed by atoms with van der Waals surface area (Å²) in [5.41, 5.74) is 0.450. The van der Waals surface area contributed by atoms with E-state index in [1.807, 2.05) is 12.1 Å². The molecule has 148 valence electrons. The van der Waals surface area contributed by atoms with E-state index in [1.165, 1.54) is 24.3 Å². The predicted octanol–water partition coefficient (Wildman–Crippen LogP) is 5.36. The SMILES string of the molecule is O=C(c1ccc([N+](=O)[O-])cc1)P(=O)(OCc1ccccc1)OCc1ccccc1. The van der Waals surface area contributed by atoms with Crippen molar-refractivity contribution in [2.24, 2.45) is 0 Å². The fourth-order valence-corrected chi connectivity index (χ4v) is 3.92. The molecule has 0 aliphatic heterocycles. The summed E-state index contributed by atoms with van der Waals surface area (Å²) in [5.74, 6) is 0. The van der Waals surface area contributed by atoms with Crippen LogP contribution in [0.1, 0.15) is 21.5 Å². The van der Waals surface area contributed by atoms with Crippen molar-refractivity contribution in [2.45, 2.75) is 13.2 Å². The lowest BCUT2D eigenvalue weighted by molar-refractivity contribution is -0.384. The number of rotatable bonds is 9. The van der Waals surface area contributed by atoms with Crippen LogP contribution < -0.4 is 0 Å². The van der Waals surface area contributed by atoms with E-state index in [4.69, 9.17) is 9.05 Å². The van der Waals surface area contributed by atoms with Gasteiger partial charge in [0.2, 0.25) is 0 Å². The summed E-state index contributed by atoms with van der Waals surface area (Å²) in [6, 6.07) is 22.8. The normalized spacial score (nSPS) is 11.2. The summed E-state index contributed by atoms with van der Waals surface area (Å²) in [6.07, 6.45) is 0. The Morgan fingerprint density at radius 1 is 0.793 bits per heavy atom. The van der Waals surface area contributed by atoms with Gasteiger partial charge < -0.3 is 0 Å². The van der Waals surface area contributed by atoms with Crippen molar-refractivity contribution in [1.82, 2.24) is 0 Å². The van der Waals surface area contributed by atoms with E-state index in [2.05, 4.69) is 0 Å². The minimum absolute atomic E-state index is 0.0139. The van der Waals surface area contributed by atoms with Gasteiger partial charge in [0.1, 0.15) is 0 Å². The second-order valence-electron chi connectivity index (χ2n) is 6.12. The highest BCUT2D eigenvalue weighted by molar-refractivity contribution is 7.72. The highest BCUT2D eigenvalue weighted by atomic mass is 31.2. The molecule has 0 fully saturated rings. The van der Waals surface area contributed by atoms with Crippen LogP contribution in [0.4, 0.5) is 5.69 Å². The molecule has 3 rings (SSSR count). The van der Waals surface area contributed by atoms with Crippen molar-refractivity contribution in [1.29, 1.82) is 0 Å². The van der Waals surface area contributed by atoms with Gasteiger partial charge in [-0.2, -0.15) is 0 Å². The number of carbonyl (C=O) groups excluding carboxylic acids is 1. The number of nitro benzene ring substituents is 1. The molecule has 0 amide bonds. The molecule has 0 aromatic heterocycles. The van der Waals surface area contributed by atoms with Crippen LogP contribution in [0, 0.1) is 10.1 Å². The fraction of sp³-hybridized carbons (Fsp3) is 0.0952. The van der Waals surface area contributed by atoms with Gasteiger partial charge in [-0.15, -0.1) is 0 Å². The minimum atomic E-state index is -4.21. The molecule has 0 saturated carbocycles. The zero-order valence-corrected chi connectivity index (χ0v) is 16.2. The molecular weight excluding hydrogens is 393 g/mol. The van der Waals surface area contributed by atoms with Gasteiger partial charge >= 0.3 is 7.60 Å². The van der Waals surface area contributed by atoms with Crippen molar-refractivity contribution < 1.29 is 23.3 Å². The minimum Gasteiger partial charge on any atom is -0.298 e. The first kappa shape index (κ1) is 20.6. The highest BCUT2D eigenvalue weighted by Gasteiger charge is 2.36. The number of carbonyl (C=O) groups is 1. The van der Waals surface area contributed by atoms with Gasteiger partial charge in [0.05, 0.1) is 18.1 Å². The molecule has 0 atom stereocenters. The Bertz CT molecular complexity index is 975. The molecule has 0 spiro atoms. The lowest BCUT2D eigenvalue weighted by atomic mass is 10.2. The Morgan fingerprint density at radius 2 is 1.24 bits per heavy atom. The molecule has 7 nitrogen and oxygen atoms in total. The van der Waals surface area contributed by atoms with Crippen molar-refractivity contribution in [3.05, 3.63) is 112 Å². The van der Waals surface area contributed by atoms with Gasteiger partial charge in [-0.25, -0.2) is 0 Å². The summed E-state index contributed by atoms with van der Waals surface area (Å²) >= 11 is 0. The maximum absolute atomic E-state index is 13.4. The third kappa shape index (κ3) is 5.45. The van der Waals surface area contributed by atoms with E-state index in [9.17, 15) is 19.5 Å². The number of hydrogen-bond donors (Lipinski definition) is 0. The van der Waals surface area contributed by atoms with Crippen molar-refractivity contribution in [3.8, 4) is 0 Å². The van der Waals surface area contributed by atoms with Gasteiger partial charge in [0, 0.05) is 17.7 Å². The quantitative estimate of drug-likeness (QED) is 0.267. The summed E-state index contributed by atoms with van der Waals surface area (Å²) in [4.78, 5) is 23.1. The van der Waals surface area contributed by atoms with E-state index in [1.54, 1.807) is 48.5 Å². The Hall–Kier alpha value is -3.12. The summed E-state index contributed by atoms with van der Waals surface area (Å²) in [5, 5.41) is 10.8. The fourth-order valence-electron chi connectivity index (χ4n) is 2.51. The van der Waals surface area contributed by atoms with Crippen LogP contribution in [0.2, 0.25) is 0 Å². The number of non-ortho nitro benzene ring substituents is 1. The molecule has 0 unspecified atom stereocenters. The van der Waals surface area contributed by atoms with Crippen LogP contribution in [0.3, 0.4) is 0 Å². The molecule has 0 aliphatic rings. The Kier molecular flexibility index (Phi) is 6.67. The maximum atomic E-state index is 13.4. The van der Waals surface area contributed by atoms with Gasteiger partial charge in [-0.3, -0.25) is 28.5 Å². The lowest BCUT2D eigenvalue weighted by Gasteiger charge is -2.17. The topological polar surface area (TPSA) is 95.7 Å². The molecule has 0 radical (unpaired) electrons. The smallest absolute Gasteiger partial charge is 0.298 e. The zero-order chi connectivity index (χ0) is 20.7. The second-order valence-corrected chi connectivity index (χ2v) is 8.04. The predicted molar refractivity (Wildman–Crippen MR) is 107 cm³/mol. The van der Waals surface area contributed by atoms with Crippen LogP contribution >= 0.6 is 7.60 Å². The summed E-state index contributed by atoms with van der Waals surface area (Å²) < 4.78 is 24.3. The molecule has 3 aromatic rings. The van der Waals surface area contributed by atoms with Crippen LogP contribution in [0.15, 0.2) is 84.9 Å². The largest absolute Gasteiger partial charge is 0.402 e. The van der Waals surface area contributed by atoms with Gasteiger partial charge in [-0.05, 0) is 23.3 Å². The average molecular weight is 411 g/mol. The van der Waals surface area contributed by atoms with Crippen LogP contribution in [-0.2, 0) is 26.8 Å². The molecule has 29 heavy (non-hydrogen) atoms. The van der Waals surface area contributed by atoms with E-state index >= 15 is 0 Å². The van der Waals surface area contributed by atoms with Crippen LogP contribution in [0.5, 0.6) is 0 Å². The summed E-state index contributed by atoms with van der Waals surface area (Å²) in [6.45, 7) is -0.155. The first-order valence-electron chi connectivity index (χ1n) is 8.74. The standard InChI is InChI=1S/C21H18NO6P/c23-21(19-11-13-20(14-12-19)22(24)25)29(26,27-15-17-7-3-1-4-8-17)28-16-18-9-5-2-6-10-18/h1-14H,15-16H2. The maximum Gasteiger partial charge on any atom is 0.402 e. The van der Waals surface area contributed by atoms with Gasteiger partial charge in [-0.1, -0.05) is 60.7 Å². The molecule has 0 N–H and O–H groups in total. The number of benzene rings is 3. The lowest BCUT2D eigenvalue weighted by Crippen LogP contribution is -2.08. The Balaban J connectivity index is 1.82. The van der Waals surface area contributed by atoms with E-state index < -0.39 is 18.0 Å². The number of hydrogen-bond acceptors (Lipinski definition) is 6. The molecule has 8 heteroatoms.